The lowest BCUT2D eigenvalue weighted by Gasteiger charge is -2.45. The number of halogens is 1. The Morgan fingerprint density at radius 2 is 2.10 bits per heavy atom. The average Bonchev–Trinajstić information content (AvgIpc) is 2.44. The fourth-order valence-electron chi connectivity index (χ4n) is 3.31. The monoisotopic (exact) mass is 337 g/mol. The van der Waals surface area contributed by atoms with Crippen LogP contribution < -0.4 is 11.1 Å². The Balaban J connectivity index is 1.77. The number of carbonyl (C=O) groups is 1. The van der Waals surface area contributed by atoms with Crippen molar-refractivity contribution in [3.05, 3.63) is 27.7 Å². The van der Waals surface area contributed by atoms with E-state index in [1.54, 1.807) is 0 Å². The third kappa shape index (κ3) is 2.56. The average molecular weight is 338 g/mol. The van der Waals surface area contributed by atoms with E-state index in [9.17, 15) is 4.79 Å². The number of piperidine rings is 3. The summed E-state index contributed by atoms with van der Waals surface area (Å²) < 4.78 is 0.847. The van der Waals surface area contributed by atoms with Crippen LogP contribution in [0.2, 0.25) is 0 Å². The van der Waals surface area contributed by atoms with Crippen LogP contribution in [0.15, 0.2) is 16.6 Å². The van der Waals surface area contributed by atoms with E-state index in [1.807, 2.05) is 19.1 Å². The number of nitrogens with zero attached hydrogens (tertiary/aromatic N) is 1. The van der Waals surface area contributed by atoms with Crippen LogP contribution in [0.3, 0.4) is 0 Å². The molecule has 1 aromatic rings. The minimum atomic E-state index is -0.00532. The third-order valence-corrected chi connectivity index (χ3v) is 5.09. The van der Waals surface area contributed by atoms with Gasteiger partial charge in [0.25, 0.3) is 5.91 Å². The fourth-order valence-corrected chi connectivity index (χ4v) is 3.79. The maximum absolute atomic E-state index is 12.5. The molecule has 3 saturated heterocycles. The van der Waals surface area contributed by atoms with Crippen molar-refractivity contribution in [2.24, 2.45) is 5.92 Å². The number of fused-ring (bicyclic) bond motifs is 3. The quantitative estimate of drug-likeness (QED) is 0.813. The van der Waals surface area contributed by atoms with E-state index in [2.05, 4.69) is 26.1 Å². The summed E-state index contributed by atoms with van der Waals surface area (Å²) in [5, 5.41) is 3.20. The lowest BCUT2D eigenvalue weighted by Crippen LogP contribution is -2.57. The second-order valence-electron chi connectivity index (χ2n) is 5.89. The van der Waals surface area contributed by atoms with E-state index in [0.717, 1.165) is 16.6 Å². The molecule has 1 atom stereocenters. The predicted molar refractivity (Wildman–Crippen MR) is 83.7 cm³/mol. The zero-order valence-electron chi connectivity index (χ0n) is 11.7. The molecule has 4 rings (SSSR count). The number of hydrogen-bond donors (Lipinski definition) is 2. The fraction of sp³-hybridized carbons (Fsp3) is 0.533. The number of nitrogens with two attached hydrogens (primary N) is 1. The minimum Gasteiger partial charge on any atom is -0.398 e. The van der Waals surface area contributed by atoms with E-state index < -0.39 is 0 Å². The molecule has 20 heavy (non-hydrogen) atoms. The first-order valence-electron chi connectivity index (χ1n) is 7.13. The second-order valence-corrected chi connectivity index (χ2v) is 6.80. The molecule has 0 spiro atoms. The smallest absolute Gasteiger partial charge is 0.251 e. The molecule has 5 heteroatoms. The van der Waals surface area contributed by atoms with Gasteiger partial charge in [-0.1, -0.05) is 15.9 Å². The normalized spacial score (nSPS) is 28.4. The van der Waals surface area contributed by atoms with E-state index in [0.29, 0.717) is 17.2 Å². The van der Waals surface area contributed by atoms with Gasteiger partial charge in [-0.25, -0.2) is 0 Å². The van der Waals surface area contributed by atoms with Gasteiger partial charge in [0.1, 0.15) is 0 Å². The molecule has 3 aliphatic rings. The molecule has 3 aliphatic heterocycles. The predicted octanol–water partition coefficient (Wildman–Crippen LogP) is 2.16. The maximum atomic E-state index is 12.5. The van der Waals surface area contributed by atoms with E-state index in [1.165, 1.54) is 25.9 Å². The Hall–Kier alpha value is -1.07. The van der Waals surface area contributed by atoms with Crippen molar-refractivity contribution in [2.45, 2.75) is 25.8 Å². The van der Waals surface area contributed by atoms with Gasteiger partial charge in [0.15, 0.2) is 0 Å². The van der Waals surface area contributed by atoms with Crippen molar-refractivity contribution in [3.63, 3.8) is 0 Å². The van der Waals surface area contributed by atoms with Gasteiger partial charge in [-0.2, -0.15) is 0 Å². The minimum absolute atomic E-state index is 0.00532. The van der Waals surface area contributed by atoms with Crippen molar-refractivity contribution >= 4 is 27.5 Å². The van der Waals surface area contributed by atoms with Crippen molar-refractivity contribution in [2.75, 3.05) is 25.4 Å². The van der Waals surface area contributed by atoms with Crippen molar-refractivity contribution in [1.82, 2.24) is 10.2 Å². The van der Waals surface area contributed by atoms with Gasteiger partial charge in [0, 0.05) is 28.3 Å². The van der Waals surface area contributed by atoms with Gasteiger partial charge in [-0.15, -0.1) is 0 Å². The standard InChI is InChI=1S/C15H20BrN3O/c1-9-12(6-11(16)7-13(9)17)15(20)18-14-8-19-4-2-10(14)3-5-19/h6-7,10,14H,2-5,8,17H2,1H3,(H,18,20). The van der Waals surface area contributed by atoms with Crippen LogP contribution in [0.4, 0.5) is 5.69 Å². The topological polar surface area (TPSA) is 58.4 Å². The summed E-state index contributed by atoms with van der Waals surface area (Å²) >= 11 is 3.41. The summed E-state index contributed by atoms with van der Waals surface area (Å²) in [7, 11) is 0. The molecule has 3 heterocycles. The highest BCUT2D eigenvalue weighted by molar-refractivity contribution is 9.10. The zero-order valence-corrected chi connectivity index (χ0v) is 13.2. The molecule has 0 aromatic heterocycles. The summed E-state index contributed by atoms with van der Waals surface area (Å²) in [6, 6.07) is 3.97. The first-order valence-corrected chi connectivity index (χ1v) is 7.92. The van der Waals surface area contributed by atoms with Gasteiger partial charge in [-0.05, 0) is 56.5 Å². The molecule has 108 valence electrons. The zero-order chi connectivity index (χ0) is 14.3. The maximum Gasteiger partial charge on any atom is 0.251 e. The van der Waals surface area contributed by atoms with E-state index in [4.69, 9.17) is 5.73 Å². The van der Waals surface area contributed by atoms with Crippen LogP contribution in [0.1, 0.15) is 28.8 Å². The number of nitrogens with one attached hydrogen (secondary N) is 1. The van der Waals surface area contributed by atoms with Crippen molar-refractivity contribution in [3.8, 4) is 0 Å². The van der Waals surface area contributed by atoms with E-state index >= 15 is 0 Å². The molecule has 0 radical (unpaired) electrons. The molecule has 0 aliphatic carbocycles. The number of amides is 1. The van der Waals surface area contributed by atoms with Gasteiger partial charge in [-0.3, -0.25) is 4.79 Å². The molecule has 3 fully saturated rings. The molecule has 1 unspecified atom stereocenters. The lowest BCUT2D eigenvalue weighted by atomic mass is 9.84. The SMILES string of the molecule is Cc1c(N)cc(Br)cc1C(=O)NC1CN2CCC1CC2. The molecule has 1 amide bonds. The van der Waals surface area contributed by atoms with Crippen molar-refractivity contribution < 1.29 is 4.79 Å². The molecule has 4 nitrogen and oxygen atoms in total. The number of anilines is 1. The Bertz CT molecular complexity index is 538. The first-order chi connectivity index (χ1) is 9.54. The van der Waals surface area contributed by atoms with Crippen LogP contribution in [0, 0.1) is 12.8 Å². The summed E-state index contributed by atoms with van der Waals surface area (Å²) in [6.45, 7) is 5.24. The van der Waals surface area contributed by atoms with Crippen molar-refractivity contribution in [1.29, 1.82) is 0 Å². The molecular formula is C15H20BrN3O. The third-order valence-electron chi connectivity index (χ3n) is 4.63. The molecule has 0 saturated carbocycles. The highest BCUT2D eigenvalue weighted by Crippen LogP contribution is 2.28. The van der Waals surface area contributed by atoms with Crippen LogP contribution in [-0.4, -0.2) is 36.5 Å². The Kier molecular flexibility index (Phi) is 3.73. The van der Waals surface area contributed by atoms with Crippen LogP contribution in [0.25, 0.3) is 0 Å². The number of nitrogen functional groups attached to an aromatic ring is 1. The first kappa shape index (κ1) is 13.9. The summed E-state index contributed by atoms with van der Waals surface area (Å²) in [5.41, 5.74) is 8.11. The number of rotatable bonds is 2. The molecular weight excluding hydrogens is 318 g/mol. The van der Waals surface area contributed by atoms with E-state index in [-0.39, 0.29) is 11.9 Å². The van der Waals surface area contributed by atoms with Crippen LogP contribution in [-0.2, 0) is 0 Å². The largest absolute Gasteiger partial charge is 0.398 e. The lowest BCUT2D eigenvalue weighted by molar-refractivity contribution is 0.0620. The van der Waals surface area contributed by atoms with Gasteiger partial charge < -0.3 is 16.0 Å². The second kappa shape index (κ2) is 5.37. The Labute approximate surface area is 127 Å². The number of carbonyl (C=O) groups excluding carboxylic acids is 1. The van der Waals surface area contributed by atoms with Gasteiger partial charge >= 0.3 is 0 Å². The molecule has 1 aromatic carbocycles. The van der Waals surface area contributed by atoms with Crippen LogP contribution >= 0.6 is 15.9 Å². The molecule has 2 bridgehead atoms. The molecule has 3 N–H and O–H groups in total. The number of hydrogen-bond acceptors (Lipinski definition) is 3. The van der Waals surface area contributed by atoms with Gasteiger partial charge in [0.2, 0.25) is 0 Å². The summed E-state index contributed by atoms with van der Waals surface area (Å²) in [6.07, 6.45) is 2.40. The highest BCUT2D eigenvalue weighted by Gasteiger charge is 2.35. The number of benzene rings is 1. The Morgan fingerprint density at radius 1 is 1.40 bits per heavy atom. The summed E-state index contributed by atoms with van der Waals surface area (Å²) in [4.78, 5) is 14.9. The Morgan fingerprint density at radius 3 is 2.70 bits per heavy atom. The summed E-state index contributed by atoms with van der Waals surface area (Å²) in [5.74, 6) is 0.628. The van der Waals surface area contributed by atoms with Gasteiger partial charge in [0.05, 0.1) is 0 Å². The van der Waals surface area contributed by atoms with Crippen LogP contribution in [0.5, 0.6) is 0 Å². The highest BCUT2D eigenvalue weighted by atomic mass is 79.9.